The second kappa shape index (κ2) is 7.44. The van der Waals surface area contributed by atoms with E-state index in [4.69, 9.17) is 0 Å². The van der Waals surface area contributed by atoms with Crippen LogP contribution in [0.2, 0.25) is 0 Å². The number of ketones is 1. The van der Waals surface area contributed by atoms with Gasteiger partial charge in [-0.15, -0.1) is 0 Å². The lowest BCUT2D eigenvalue weighted by molar-refractivity contribution is -0.137. The Balaban J connectivity index is 1.84. The predicted molar refractivity (Wildman–Crippen MR) is 106 cm³/mol. The Morgan fingerprint density at radius 1 is 1.00 bits per heavy atom. The van der Waals surface area contributed by atoms with E-state index >= 15 is 0 Å². The number of carbonyl (C=O) groups excluding carboxylic acids is 2. The molecule has 1 atom stereocenters. The molecule has 0 radical (unpaired) electrons. The summed E-state index contributed by atoms with van der Waals surface area (Å²) in [5.74, 6) is -0.713. The first-order chi connectivity index (χ1) is 13.8. The molecule has 1 aliphatic carbocycles. The largest absolute Gasteiger partial charge is 0.416 e. The van der Waals surface area contributed by atoms with Crippen LogP contribution in [0.25, 0.3) is 0 Å². The topological polar surface area (TPSA) is 37.4 Å². The standard InChI is InChI=1S/C22H17BrF3NO2/c23-15-9-7-13(8-10-15)17-12-20(29)27(18-5-2-6-19(28)21(17)18)16-4-1-3-14(11-16)22(24,25)26/h1,3-4,7-11,17H,2,5-6,12H2. The van der Waals surface area contributed by atoms with Crippen LogP contribution < -0.4 is 4.90 Å². The molecule has 1 aliphatic heterocycles. The fourth-order valence-electron chi connectivity index (χ4n) is 4.09. The fraction of sp³-hybridized carbons (Fsp3) is 0.273. The lowest BCUT2D eigenvalue weighted by Crippen LogP contribution is -2.40. The highest BCUT2D eigenvalue weighted by Gasteiger charge is 2.40. The summed E-state index contributed by atoms with van der Waals surface area (Å²) < 4.78 is 40.4. The molecule has 0 fully saturated rings. The van der Waals surface area contributed by atoms with Crippen LogP contribution in [0, 0.1) is 0 Å². The Morgan fingerprint density at radius 3 is 2.41 bits per heavy atom. The van der Waals surface area contributed by atoms with E-state index in [2.05, 4.69) is 15.9 Å². The summed E-state index contributed by atoms with van der Waals surface area (Å²) in [6.45, 7) is 0. The van der Waals surface area contributed by atoms with Crippen molar-refractivity contribution in [1.82, 2.24) is 0 Å². The minimum absolute atomic E-state index is 0.0383. The fourth-order valence-corrected chi connectivity index (χ4v) is 4.36. The molecule has 150 valence electrons. The maximum Gasteiger partial charge on any atom is 0.416 e. The highest BCUT2D eigenvalue weighted by molar-refractivity contribution is 9.10. The molecule has 4 rings (SSSR count). The molecule has 0 aromatic heterocycles. The first-order valence-corrected chi connectivity index (χ1v) is 10.1. The van der Waals surface area contributed by atoms with Crippen LogP contribution in [0.15, 0.2) is 64.3 Å². The van der Waals surface area contributed by atoms with Crippen LogP contribution in [0.1, 0.15) is 42.7 Å². The third-order valence-corrected chi connectivity index (χ3v) is 5.91. The van der Waals surface area contributed by atoms with Gasteiger partial charge in [0.05, 0.1) is 5.56 Å². The van der Waals surface area contributed by atoms with Gasteiger partial charge in [0.15, 0.2) is 5.78 Å². The number of amides is 1. The third-order valence-electron chi connectivity index (χ3n) is 5.38. The Labute approximate surface area is 174 Å². The van der Waals surface area contributed by atoms with Crippen molar-refractivity contribution in [3.63, 3.8) is 0 Å². The van der Waals surface area contributed by atoms with Gasteiger partial charge >= 0.3 is 6.18 Å². The van der Waals surface area contributed by atoms with Crippen LogP contribution >= 0.6 is 15.9 Å². The van der Waals surface area contributed by atoms with Gasteiger partial charge in [-0.05, 0) is 48.7 Å². The van der Waals surface area contributed by atoms with Crippen LogP contribution in [0.5, 0.6) is 0 Å². The molecule has 0 saturated heterocycles. The molecule has 1 amide bonds. The molecule has 7 heteroatoms. The number of hydrogen-bond donors (Lipinski definition) is 0. The Kier molecular flexibility index (Phi) is 5.11. The molecule has 2 aromatic rings. The smallest absolute Gasteiger partial charge is 0.294 e. The number of allylic oxidation sites excluding steroid dienone is 2. The van der Waals surface area contributed by atoms with E-state index in [9.17, 15) is 22.8 Å². The number of halogens is 4. The summed E-state index contributed by atoms with van der Waals surface area (Å²) in [6.07, 6.45) is -3.02. The SMILES string of the molecule is O=C1CCCC2=C1C(c1ccc(Br)cc1)CC(=O)N2c1cccc(C(F)(F)F)c1. The second-order valence-electron chi connectivity index (χ2n) is 7.22. The van der Waals surface area contributed by atoms with Crippen molar-refractivity contribution in [3.05, 3.63) is 75.4 Å². The quantitative estimate of drug-likeness (QED) is 0.547. The zero-order valence-corrected chi connectivity index (χ0v) is 16.9. The minimum atomic E-state index is -4.51. The first kappa shape index (κ1) is 19.9. The summed E-state index contributed by atoms with van der Waals surface area (Å²) in [5.41, 5.74) is 1.27. The first-order valence-electron chi connectivity index (χ1n) is 9.27. The number of hydrogen-bond acceptors (Lipinski definition) is 2. The molecule has 0 bridgehead atoms. The van der Waals surface area contributed by atoms with Crippen molar-refractivity contribution in [1.29, 1.82) is 0 Å². The number of nitrogens with zero attached hydrogens (tertiary/aromatic N) is 1. The third kappa shape index (κ3) is 3.75. The average molecular weight is 464 g/mol. The van der Waals surface area contributed by atoms with Crippen LogP contribution in [-0.4, -0.2) is 11.7 Å². The molecule has 0 saturated carbocycles. The van der Waals surface area contributed by atoms with Crippen molar-refractivity contribution >= 4 is 33.3 Å². The van der Waals surface area contributed by atoms with Crippen molar-refractivity contribution in [2.45, 2.75) is 37.8 Å². The van der Waals surface area contributed by atoms with Crippen molar-refractivity contribution in [2.24, 2.45) is 0 Å². The molecule has 1 unspecified atom stereocenters. The van der Waals surface area contributed by atoms with E-state index in [0.717, 1.165) is 22.2 Å². The maximum atomic E-state index is 13.2. The Hall–Kier alpha value is -2.41. The van der Waals surface area contributed by atoms with E-state index in [-0.39, 0.29) is 29.7 Å². The van der Waals surface area contributed by atoms with Gasteiger partial charge in [-0.3, -0.25) is 14.5 Å². The molecular weight excluding hydrogens is 447 g/mol. The van der Waals surface area contributed by atoms with Crippen molar-refractivity contribution in [2.75, 3.05) is 4.90 Å². The predicted octanol–water partition coefficient (Wildman–Crippen LogP) is 6.00. The van der Waals surface area contributed by atoms with Crippen molar-refractivity contribution in [3.8, 4) is 0 Å². The van der Waals surface area contributed by atoms with E-state index in [1.807, 2.05) is 24.3 Å². The lowest BCUT2D eigenvalue weighted by atomic mass is 9.77. The highest BCUT2D eigenvalue weighted by atomic mass is 79.9. The molecule has 0 N–H and O–H groups in total. The molecule has 2 aliphatic rings. The van der Waals surface area contributed by atoms with E-state index in [0.29, 0.717) is 30.5 Å². The van der Waals surface area contributed by atoms with Crippen LogP contribution in [0.3, 0.4) is 0 Å². The van der Waals surface area contributed by atoms with E-state index in [1.165, 1.54) is 17.0 Å². The van der Waals surface area contributed by atoms with E-state index in [1.54, 1.807) is 0 Å². The molecular formula is C22H17BrF3NO2. The van der Waals surface area contributed by atoms with E-state index < -0.39 is 11.7 Å². The van der Waals surface area contributed by atoms with Gasteiger partial charge in [-0.25, -0.2) is 0 Å². The lowest BCUT2D eigenvalue weighted by Gasteiger charge is -2.38. The average Bonchev–Trinajstić information content (AvgIpc) is 2.67. The molecule has 3 nitrogen and oxygen atoms in total. The molecule has 29 heavy (non-hydrogen) atoms. The van der Waals surface area contributed by atoms with Gasteiger partial charge in [0, 0.05) is 40.2 Å². The summed E-state index contributed by atoms with van der Waals surface area (Å²) >= 11 is 3.38. The normalized spacial score (nSPS) is 20.1. The number of rotatable bonds is 2. The summed E-state index contributed by atoms with van der Waals surface area (Å²) in [7, 11) is 0. The number of Topliss-reactive ketones (excluding diaryl/α,β-unsaturated/α-hetero) is 1. The zero-order chi connectivity index (χ0) is 20.8. The second-order valence-corrected chi connectivity index (χ2v) is 8.14. The Morgan fingerprint density at radius 2 is 1.72 bits per heavy atom. The van der Waals surface area contributed by atoms with Crippen LogP contribution in [-0.2, 0) is 15.8 Å². The van der Waals surface area contributed by atoms with Crippen LogP contribution in [0.4, 0.5) is 18.9 Å². The summed E-state index contributed by atoms with van der Waals surface area (Å²) in [4.78, 5) is 27.2. The molecule has 0 spiro atoms. The number of alkyl halides is 3. The Bertz CT molecular complexity index is 1010. The van der Waals surface area contributed by atoms with Gasteiger partial charge in [-0.1, -0.05) is 34.1 Å². The van der Waals surface area contributed by atoms with Gasteiger partial charge in [0.1, 0.15) is 0 Å². The highest BCUT2D eigenvalue weighted by Crippen LogP contribution is 2.44. The number of anilines is 1. The van der Waals surface area contributed by atoms with Gasteiger partial charge < -0.3 is 0 Å². The minimum Gasteiger partial charge on any atom is -0.294 e. The van der Waals surface area contributed by atoms with Gasteiger partial charge in [0.25, 0.3) is 0 Å². The molecule has 2 aromatic carbocycles. The number of benzene rings is 2. The number of carbonyl (C=O) groups is 2. The monoisotopic (exact) mass is 463 g/mol. The summed E-state index contributed by atoms with van der Waals surface area (Å²) in [6, 6.07) is 12.2. The van der Waals surface area contributed by atoms with Gasteiger partial charge in [0.2, 0.25) is 5.91 Å². The zero-order valence-electron chi connectivity index (χ0n) is 15.3. The van der Waals surface area contributed by atoms with Gasteiger partial charge in [-0.2, -0.15) is 13.2 Å². The summed E-state index contributed by atoms with van der Waals surface area (Å²) in [5, 5.41) is 0. The molecule has 1 heterocycles. The maximum absolute atomic E-state index is 13.2. The van der Waals surface area contributed by atoms with Crippen molar-refractivity contribution < 1.29 is 22.8 Å².